The van der Waals surface area contributed by atoms with Crippen molar-refractivity contribution in [1.29, 1.82) is 5.26 Å². The van der Waals surface area contributed by atoms with E-state index in [2.05, 4.69) is 30.3 Å². The first-order chi connectivity index (χ1) is 13.8. The maximum absolute atomic E-state index is 10.00. The van der Waals surface area contributed by atoms with Crippen molar-refractivity contribution in [3.8, 4) is 11.8 Å². The molecule has 0 bridgehead atoms. The number of benzene rings is 3. The molecule has 3 aromatic carbocycles. The lowest BCUT2D eigenvalue weighted by molar-refractivity contribution is 0.196. The van der Waals surface area contributed by atoms with E-state index in [0.29, 0.717) is 0 Å². The van der Waals surface area contributed by atoms with E-state index in [-0.39, 0.29) is 6.04 Å². The number of hydrogen-bond acceptors (Lipinski definition) is 4. The van der Waals surface area contributed by atoms with Crippen molar-refractivity contribution in [3.63, 3.8) is 0 Å². The lowest BCUT2D eigenvalue weighted by atomic mass is 9.97. The third kappa shape index (κ3) is 3.47. The molecule has 4 rings (SSSR count). The van der Waals surface area contributed by atoms with Crippen LogP contribution in [0.2, 0.25) is 0 Å². The van der Waals surface area contributed by atoms with E-state index >= 15 is 0 Å². The van der Waals surface area contributed by atoms with Crippen molar-refractivity contribution in [2.24, 2.45) is 5.10 Å². The van der Waals surface area contributed by atoms with E-state index in [1.165, 1.54) is 0 Å². The average Bonchev–Trinajstić information content (AvgIpc) is 3.21. The fourth-order valence-electron chi connectivity index (χ4n) is 3.59. The average molecular weight is 367 g/mol. The molecule has 1 aliphatic heterocycles. The van der Waals surface area contributed by atoms with Gasteiger partial charge < -0.3 is 4.74 Å². The molecule has 0 radical (unpaired) electrons. The monoisotopic (exact) mass is 367 g/mol. The van der Waals surface area contributed by atoms with Gasteiger partial charge in [-0.2, -0.15) is 10.4 Å². The van der Waals surface area contributed by atoms with Gasteiger partial charge >= 0.3 is 0 Å². The Morgan fingerprint density at radius 2 is 1.61 bits per heavy atom. The summed E-state index contributed by atoms with van der Waals surface area (Å²) in [5.74, 6) is 0.773. The summed E-state index contributed by atoms with van der Waals surface area (Å²) in [6.45, 7) is 0. The first-order valence-corrected chi connectivity index (χ1v) is 9.30. The van der Waals surface area contributed by atoms with Crippen molar-refractivity contribution >= 4 is 5.71 Å². The minimum atomic E-state index is -0.475. The Hall–Kier alpha value is -3.58. The number of hydrazone groups is 1. The summed E-state index contributed by atoms with van der Waals surface area (Å²) in [6.07, 6.45) is 0.766. The zero-order valence-electron chi connectivity index (χ0n) is 15.7. The second-order valence-electron chi connectivity index (χ2n) is 6.73. The highest BCUT2D eigenvalue weighted by molar-refractivity contribution is 6.01. The van der Waals surface area contributed by atoms with Gasteiger partial charge in [-0.15, -0.1) is 0 Å². The van der Waals surface area contributed by atoms with Gasteiger partial charge in [0.2, 0.25) is 0 Å². The molecular weight excluding hydrogens is 346 g/mol. The highest BCUT2D eigenvalue weighted by Gasteiger charge is 2.34. The topological polar surface area (TPSA) is 48.6 Å². The molecule has 0 aromatic heterocycles. The fourth-order valence-corrected chi connectivity index (χ4v) is 3.59. The second-order valence-corrected chi connectivity index (χ2v) is 6.73. The van der Waals surface area contributed by atoms with Crippen LogP contribution in [0.5, 0.6) is 5.75 Å². The van der Waals surface area contributed by atoms with Crippen LogP contribution in [0.4, 0.5) is 0 Å². The molecule has 2 atom stereocenters. The van der Waals surface area contributed by atoms with Crippen LogP contribution in [-0.4, -0.2) is 17.8 Å². The standard InChI is InChI=1S/C24H21N3O/c1-28-21-14-12-20(13-15-21)24(17-25)27-23(19-10-6-3-7-11-19)16-22(26-27)18-8-4-2-5-9-18/h2-15,23-24H,16H2,1H3/t23-,24+/m0/s1. The molecule has 4 heteroatoms. The van der Waals surface area contributed by atoms with E-state index < -0.39 is 6.04 Å². The van der Waals surface area contributed by atoms with Crippen LogP contribution in [0.15, 0.2) is 90.0 Å². The molecule has 0 aliphatic carbocycles. The number of ether oxygens (including phenoxy) is 1. The molecular formula is C24H21N3O. The molecule has 0 N–H and O–H groups in total. The first-order valence-electron chi connectivity index (χ1n) is 9.30. The van der Waals surface area contributed by atoms with Gasteiger partial charge in [0.1, 0.15) is 5.75 Å². The van der Waals surface area contributed by atoms with Gasteiger partial charge in [-0.05, 0) is 28.8 Å². The molecule has 1 heterocycles. The van der Waals surface area contributed by atoms with Crippen LogP contribution in [0.25, 0.3) is 0 Å². The quantitative estimate of drug-likeness (QED) is 0.629. The predicted octanol–water partition coefficient (Wildman–Crippen LogP) is 5.11. The Bertz CT molecular complexity index is 992. The maximum atomic E-state index is 10.00. The van der Waals surface area contributed by atoms with Crippen molar-refractivity contribution < 1.29 is 4.74 Å². The van der Waals surface area contributed by atoms with Crippen LogP contribution in [0.3, 0.4) is 0 Å². The van der Waals surface area contributed by atoms with Gasteiger partial charge in [-0.1, -0.05) is 72.8 Å². The van der Waals surface area contributed by atoms with Crippen molar-refractivity contribution in [2.75, 3.05) is 7.11 Å². The van der Waals surface area contributed by atoms with Crippen LogP contribution in [0.1, 0.15) is 35.2 Å². The summed E-state index contributed by atoms with van der Waals surface area (Å²) < 4.78 is 5.25. The summed E-state index contributed by atoms with van der Waals surface area (Å²) in [5, 5.41) is 16.8. The van der Waals surface area contributed by atoms with Gasteiger partial charge in [0.15, 0.2) is 6.04 Å². The lowest BCUT2D eigenvalue weighted by Crippen LogP contribution is -2.24. The largest absolute Gasteiger partial charge is 0.497 e. The molecule has 28 heavy (non-hydrogen) atoms. The Balaban J connectivity index is 1.74. The van der Waals surface area contributed by atoms with Crippen molar-refractivity contribution in [1.82, 2.24) is 5.01 Å². The molecule has 1 aliphatic rings. The molecule has 0 fully saturated rings. The van der Waals surface area contributed by atoms with E-state index in [1.807, 2.05) is 65.7 Å². The number of methoxy groups -OCH3 is 1. The second kappa shape index (κ2) is 7.98. The number of nitrogens with zero attached hydrogens (tertiary/aromatic N) is 3. The molecule has 0 saturated carbocycles. The van der Waals surface area contributed by atoms with Gasteiger partial charge in [0, 0.05) is 6.42 Å². The molecule has 3 aromatic rings. The summed E-state index contributed by atoms with van der Waals surface area (Å²) in [7, 11) is 1.64. The maximum Gasteiger partial charge on any atom is 0.159 e. The Morgan fingerprint density at radius 1 is 0.964 bits per heavy atom. The number of nitriles is 1. The van der Waals surface area contributed by atoms with Crippen LogP contribution < -0.4 is 4.74 Å². The fraction of sp³-hybridized carbons (Fsp3) is 0.167. The molecule has 0 saturated heterocycles. The van der Waals surface area contributed by atoms with Crippen molar-refractivity contribution in [2.45, 2.75) is 18.5 Å². The molecule has 4 nitrogen and oxygen atoms in total. The smallest absolute Gasteiger partial charge is 0.159 e. The first kappa shape index (κ1) is 17.8. The molecule has 0 amide bonds. The minimum absolute atomic E-state index is 0.0168. The number of hydrogen-bond donors (Lipinski definition) is 0. The van der Waals surface area contributed by atoms with E-state index in [0.717, 1.165) is 34.6 Å². The normalized spacial score (nSPS) is 16.9. The van der Waals surface area contributed by atoms with Crippen LogP contribution >= 0.6 is 0 Å². The summed E-state index contributed by atoms with van der Waals surface area (Å²) in [4.78, 5) is 0. The summed E-state index contributed by atoms with van der Waals surface area (Å²) in [6, 6.07) is 30.1. The zero-order chi connectivity index (χ0) is 19.3. The van der Waals surface area contributed by atoms with E-state index in [9.17, 15) is 5.26 Å². The van der Waals surface area contributed by atoms with Gasteiger partial charge in [0.05, 0.1) is 24.9 Å². The van der Waals surface area contributed by atoms with Crippen LogP contribution in [0, 0.1) is 11.3 Å². The lowest BCUT2D eigenvalue weighted by Gasteiger charge is -2.28. The Morgan fingerprint density at radius 3 is 2.21 bits per heavy atom. The number of rotatable bonds is 5. The Labute approximate surface area is 165 Å². The van der Waals surface area contributed by atoms with Crippen LogP contribution in [-0.2, 0) is 0 Å². The highest BCUT2D eigenvalue weighted by Crippen LogP contribution is 2.39. The van der Waals surface area contributed by atoms with Gasteiger partial charge in [-0.25, -0.2) is 0 Å². The molecule has 0 unspecified atom stereocenters. The van der Waals surface area contributed by atoms with E-state index in [4.69, 9.17) is 9.84 Å². The zero-order valence-corrected chi connectivity index (χ0v) is 15.7. The minimum Gasteiger partial charge on any atom is -0.497 e. The van der Waals surface area contributed by atoms with Crippen molar-refractivity contribution in [3.05, 3.63) is 102 Å². The van der Waals surface area contributed by atoms with E-state index in [1.54, 1.807) is 7.11 Å². The van der Waals surface area contributed by atoms with Gasteiger partial charge in [0.25, 0.3) is 0 Å². The van der Waals surface area contributed by atoms with Gasteiger partial charge in [-0.3, -0.25) is 5.01 Å². The summed E-state index contributed by atoms with van der Waals surface area (Å²) in [5.41, 5.74) is 4.16. The highest BCUT2D eigenvalue weighted by atomic mass is 16.5. The Kier molecular flexibility index (Phi) is 5.07. The predicted molar refractivity (Wildman–Crippen MR) is 110 cm³/mol. The molecule has 138 valence electrons. The summed E-state index contributed by atoms with van der Waals surface area (Å²) >= 11 is 0. The molecule has 0 spiro atoms. The third-order valence-corrected chi connectivity index (χ3v) is 5.05. The SMILES string of the molecule is COc1ccc([C@@H](C#N)N2N=C(c3ccccc3)C[C@H]2c2ccccc2)cc1. The third-order valence-electron chi connectivity index (χ3n) is 5.05.